The van der Waals surface area contributed by atoms with E-state index < -0.39 is 0 Å². The highest BCUT2D eigenvalue weighted by molar-refractivity contribution is 7.99. The highest BCUT2D eigenvalue weighted by Crippen LogP contribution is 2.20. The molecule has 0 aliphatic heterocycles. The first kappa shape index (κ1) is 21.6. The van der Waals surface area contributed by atoms with Gasteiger partial charge in [-0.25, -0.2) is 0 Å². The lowest BCUT2D eigenvalue weighted by molar-refractivity contribution is -0.141. The number of rotatable bonds is 10. The summed E-state index contributed by atoms with van der Waals surface area (Å²) in [5.41, 5.74) is 3.12. The van der Waals surface area contributed by atoms with E-state index in [1.807, 2.05) is 83.4 Å². The standard InChI is InChI=1S/C25H24N4O2S/c30-24(31-18-21-12-6-2-7-13-21)19-32-25-28-27-23(16-26-22-14-8-3-9-15-22)29(25)17-20-10-4-1-5-11-20/h1-15,26H,16-19H2. The number of hydrogen-bond donors (Lipinski definition) is 1. The van der Waals surface area contributed by atoms with Crippen LogP contribution in [0.2, 0.25) is 0 Å². The van der Waals surface area contributed by atoms with Crippen LogP contribution >= 0.6 is 11.8 Å². The number of anilines is 1. The Bertz CT molecular complexity index is 1120. The quantitative estimate of drug-likeness (QED) is 0.281. The van der Waals surface area contributed by atoms with E-state index in [2.05, 4.69) is 27.6 Å². The van der Waals surface area contributed by atoms with Gasteiger partial charge in [0.05, 0.1) is 18.8 Å². The largest absolute Gasteiger partial charge is 0.460 e. The molecule has 1 heterocycles. The minimum atomic E-state index is -0.280. The Labute approximate surface area is 191 Å². The zero-order valence-electron chi connectivity index (χ0n) is 17.6. The molecule has 162 valence electrons. The molecule has 0 aliphatic carbocycles. The van der Waals surface area contributed by atoms with Crippen LogP contribution in [0.3, 0.4) is 0 Å². The molecule has 0 unspecified atom stereocenters. The maximum absolute atomic E-state index is 12.3. The van der Waals surface area contributed by atoms with Crippen LogP contribution in [0, 0.1) is 0 Å². The van der Waals surface area contributed by atoms with Crippen LogP contribution < -0.4 is 5.32 Å². The van der Waals surface area contributed by atoms with Gasteiger partial charge in [0.2, 0.25) is 0 Å². The van der Waals surface area contributed by atoms with E-state index in [4.69, 9.17) is 4.74 Å². The monoisotopic (exact) mass is 444 g/mol. The Kier molecular flexibility index (Phi) is 7.55. The molecule has 4 aromatic rings. The summed E-state index contributed by atoms with van der Waals surface area (Å²) in [6.07, 6.45) is 0. The molecular formula is C25H24N4O2S. The summed E-state index contributed by atoms with van der Waals surface area (Å²) in [5.74, 6) is 0.696. The Morgan fingerprint density at radius 2 is 1.47 bits per heavy atom. The summed E-state index contributed by atoms with van der Waals surface area (Å²) < 4.78 is 7.43. The third kappa shape index (κ3) is 6.21. The van der Waals surface area contributed by atoms with Gasteiger partial charge in [-0.15, -0.1) is 10.2 Å². The molecule has 1 aromatic heterocycles. The van der Waals surface area contributed by atoms with Crippen LogP contribution in [0.4, 0.5) is 5.69 Å². The maximum atomic E-state index is 12.3. The van der Waals surface area contributed by atoms with E-state index in [9.17, 15) is 4.79 Å². The fraction of sp³-hybridized carbons (Fsp3) is 0.160. The number of ether oxygens (including phenoxy) is 1. The van der Waals surface area contributed by atoms with Crippen LogP contribution in [0.15, 0.2) is 96.2 Å². The summed E-state index contributed by atoms with van der Waals surface area (Å²) in [4.78, 5) is 12.3. The summed E-state index contributed by atoms with van der Waals surface area (Å²) in [6, 6.07) is 29.8. The highest BCUT2D eigenvalue weighted by atomic mass is 32.2. The molecule has 0 aliphatic rings. The van der Waals surface area contributed by atoms with E-state index in [0.717, 1.165) is 22.6 Å². The van der Waals surface area contributed by atoms with Crippen molar-refractivity contribution in [1.29, 1.82) is 0 Å². The molecule has 6 nitrogen and oxygen atoms in total. The van der Waals surface area contributed by atoms with Gasteiger partial charge in [-0.3, -0.25) is 4.79 Å². The van der Waals surface area contributed by atoms with Crippen LogP contribution in [-0.4, -0.2) is 26.5 Å². The maximum Gasteiger partial charge on any atom is 0.316 e. The summed E-state index contributed by atoms with van der Waals surface area (Å²) in [7, 11) is 0. The minimum absolute atomic E-state index is 0.172. The van der Waals surface area contributed by atoms with E-state index in [1.165, 1.54) is 11.8 Å². The van der Waals surface area contributed by atoms with Crippen LogP contribution in [-0.2, 0) is 29.2 Å². The van der Waals surface area contributed by atoms with Crippen LogP contribution in [0.1, 0.15) is 17.0 Å². The number of esters is 1. The molecule has 7 heteroatoms. The van der Waals surface area contributed by atoms with Gasteiger partial charge in [0, 0.05) is 5.69 Å². The Hall–Kier alpha value is -3.58. The summed E-state index contributed by atoms with van der Waals surface area (Å²) in [5, 5.41) is 12.8. The van der Waals surface area contributed by atoms with Crippen molar-refractivity contribution < 1.29 is 9.53 Å². The minimum Gasteiger partial charge on any atom is -0.460 e. The molecule has 1 N–H and O–H groups in total. The van der Waals surface area contributed by atoms with Gasteiger partial charge in [-0.1, -0.05) is 90.6 Å². The van der Waals surface area contributed by atoms with Crippen molar-refractivity contribution in [3.05, 3.63) is 108 Å². The Morgan fingerprint density at radius 3 is 2.16 bits per heavy atom. The number of carbonyl (C=O) groups is 1. The zero-order chi connectivity index (χ0) is 22.0. The second kappa shape index (κ2) is 11.2. The lowest BCUT2D eigenvalue weighted by Crippen LogP contribution is -2.12. The molecule has 32 heavy (non-hydrogen) atoms. The van der Waals surface area contributed by atoms with Gasteiger partial charge in [0.1, 0.15) is 6.61 Å². The molecule has 0 amide bonds. The zero-order valence-corrected chi connectivity index (χ0v) is 18.4. The fourth-order valence-corrected chi connectivity index (χ4v) is 3.88. The number of thioether (sulfide) groups is 1. The third-order valence-electron chi connectivity index (χ3n) is 4.76. The van der Waals surface area contributed by atoms with Crippen molar-refractivity contribution in [3.8, 4) is 0 Å². The first-order chi connectivity index (χ1) is 15.8. The van der Waals surface area contributed by atoms with Gasteiger partial charge in [-0.05, 0) is 23.3 Å². The summed E-state index contributed by atoms with van der Waals surface area (Å²) in [6.45, 7) is 1.42. The van der Waals surface area contributed by atoms with Crippen molar-refractivity contribution in [1.82, 2.24) is 14.8 Å². The number of benzene rings is 3. The first-order valence-electron chi connectivity index (χ1n) is 10.4. The molecule has 0 spiro atoms. The SMILES string of the molecule is O=C(CSc1nnc(CNc2ccccc2)n1Cc1ccccc1)OCc1ccccc1. The van der Waals surface area contributed by atoms with Gasteiger partial charge in [0.25, 0.3) is 0 Å². The van der Waals surface area contributed by atoms with Crippen LogP contribution in [0.25, 0.3) is 0 Å². The number of nitrogens with zero attached hydrogens (tertiary/aromatic N) is 3. The molecule has 0 saturated carbocycles. The number of para-hydroxylation sites is 1. The molecule has 0 atom stereocenters. The molecule has 0 bridgehead atoms. The van der Waals surface area contributed by atoms with E-state index in [0.29, 0.717) is 18.2 Å². The van der Waals surface area contributed by atoms with Crippen molar-refractivity contribution >= 4 is 23.4 Å². The average molecular weight is 445 g/mol. The van der Waals surface area contributed by atoms with Crippen LogP contribution in [0.5, 0.6) is 0 Å². The van der Waals surface area contributed by atoms with Gasteiger partial charge in [-0.2, -0.15) is 0 Å². The molecule has 3 aromatic carbocycles. The lowest BCUT2D eigenvalue weighted by Gasteiger charge is -2.11. The predicted octanol–water partition coefficient (Wildman–Crippen LogP) is 4.77. The van der Waals surface area contributed by atoms with Gasteiger partial charge >= 0.3 is 5.97 Å². The van der Waals surface area contributed by atoms with E-state index >= 15 is 0 Å². The Balaban J connectivity index is 1.41. The van der Waals surface area contributed by atoms with Crippen molar-refractivity contribution in [3.63, 3.8) is 0 Å². The van der Waals surface area contributed by atoms with E-state index in [-0.39, 0.29) is 18.3 Å². The normalized spacial score (nSPS) is 10.6. The fourth-order valence-electron chi connectivity index (χ4n) is 3.12. The first-order valence-corrected chi connectivity index (χ1v) is 11.3. The van der Waals surface area contributed by atoms with Gasteiger partial charge in [0.15, 0.2) is 11.0 Å². The Morgan fingerprint density at radius 1 is 0.844 bits per heavy atom. The lowest BCUT2D eigenvalue weighted by atomic mass is 10.2. The number of carbonyl (C=O) groups excluding carboxylic acids is 1. The second-order valence-corrected chi connectivity index (χ2v) is 8.07. The average Bonchev–Trinajstić information content (AvgIpc) is 3.23. The topological polar surface area (TPSA) is 69.0 Å². The molecule has 0 saturated heterocycles. The smallest absolute Gasteiger partial charge is 0.316 e. The molecular weight excluding hydrogens is 420 g/mol. The van der Waals surface area contributed by atoms with Crippen molar-refractivity contribution in [2.24, 2.45) is 0 Å². The number of aromatic nitrogens is 3. The predicted molar refractivity (Wildman–Crippen MR) is 126 cm³/mol. The second-order valence-electron chi connectivity index (χ2n) is 7.13. The molecule has 0 fully saturated rings. The highest BCUT2D eigenvalue weighted by Gasteiger charge is 2.15. The van der Waals surface area contributed by atoms with Crippen molar-refractivity contribution in [2.75, 3.05) is 11.1 Å². The molecule has 0 radical (unpaired) electrons. The molecule has 4 rings (SSSR count). The number of nitrogens with one attached hydrogen (secondary N) is 1. The number of hydrogen-bond acceptors (Lipinski definition) is 6. The van der Waals surface area contributed by atoms with Gasteiger partial charge < -0.3 is 14.6 Å². The van der Waals surface area contributed by atoms with Crippen molar-refractivity contribution in [2.45, 2.75) is 24.9 Å². The van der Waals surface area contributed by atoms with E-state index in [1.54, 1.807) is 0 Å². The third-order valence-corrected chi connectivity index (χ3v) is 5.70. The summed E-state index contributed by atoms with van der Waals surface area (Å²) >= 11 is 1.34.